The van der Waals surface area contributed by atoms with Crippen molar-refractivity contribution < 1.29 is 18.3 Å². The lowest BCUT2D eigenvalue weighted by atomic mass is 10.0. The molecule has 0 unspecified atom stereocenters. The molecular weight excluding hydrogens is 426 g/mol. The molecule has 8 heteroatoms. The maximum atomic E-state index is 13.8. The third-order valence-electron chi connectivity index (χ3n) is 5.71. The summed E-state index contributed by atoms with van der Waals surface area (Å²) in [6, 6.07) is 7.70. The van der Waals surface area contributed by atoms with Gasteiger partial charge in [0.15, 0.2) is 0 Å². The molecule has 2 aromatic heterocycles. The Bertz CT molecular complexity index is 1070. The zero-order chi connectivity index (χ0) is 23.2. The number of pyridine rings is 1. The summed E-state index contributed by atoms with van der Waals surface area (Å²) < 4.78 is 33.9. The van der Waals surface area contributed by atoms with E-state index in [4.69, 9.17) is 4.74 Å². The number of amides is 1. The van der Waals surface area contributed by atoms with E-state index < -0.39 is 11.6 Å². The number of aromatic nitrogens is 3. The molecule has 0 N–H and O–H groups in total. The smallest absolute Gasteiger partial charge is 0.256 e. The number of nitrogens with zero attached hydrogens (tertiary/aromatic N) is 4. The van der Waals surface area contributed by atoms with E-state index in [1.807, 2.05) is 23.1 Å². The summed E-state index contributed by atoms with van der Waals surface area (Å²) in [5.74, 6) is -1.57. The van der Waals surface area contributed by atoms with Crippen LogP contribution in [0.15, 0.2) is 48.9 Å². The van der Waals surface area contributed by atoms with E-state index >= 15 is 0 Å². The normalized spacial score (nSPS) is 16.9. The first-order chi connectivity index (χ1) is 16.0. The molecule has 6 nitrogen and oxygen atoms in total. The minimum atomic E-state index is -0.719. The zero-order valence-electron chi connectivity index (χ0n) is 18.7. The average Bonchev–Trinajstić information content (AvgIpc) is 3.45. The molecule has 174 valence electrons. The topological polar surface area (TPSA) is 60.2 Å². The number of hydrogen-bond acceptors (Lipinski definition) is 4. The second kappa shape index (κ2) is 10.7. The molecule has 1 saturated heterocycles. The minimum absolute atomic E-state index is 0.141. The van der Waals surface area contributed by atoms with Crippen molar-refractivity contribution in [3.05, 3.63) is 71.7 Å². The Morgan fingerprint density at radius 3 is 2.42 bits per heavy atom. The van der Waals surface area contributed by atoms with Crippen LogP contribution in [0.5, 0.6) is 0 Å². The maximum absolute atomic E-state index is 13.8. The molecule has 4 heterocycles. The molecule has 1 aliphatic carbocycles. The minimum Gasteiger partial charge on any atom is -0.381 e. The predicted octanol–water partition coefficient (Wildman–Crippen LogP) is 5.02. The van der Waals surface area contributed by atoms with Gasteiger partial charge < -0.3 is 9.64 Å². The number of rotatable bonds is 2. The van der Waals surface area contributed by atoms with E-state index in [-0.39, 0.29) is 17.2 Å². The molecule has 1 amide bonds. The van der Waals surface area contributed by atoms with Crippen molar-refractivity contribution in [3.8, 4) is 11.3 Å². The van der Waals surface area contributed by atoms with Gasteiger partial charge in [-0.1, -0.05) is 0 Å². The van der Waals surface area contributed by atoms with Gasteiger partial charge in [0.1, 0.15) is 11.6 Å². The van der Waals surface area contributed by atoms with Crippen LogP contribution in [-0.4, -0.2) is 45.8 Å². The van der Waals surface area contributed by atoms with E-state index in [0.29, 0.717) is 12.1 Å². The van der Waals surface area contributed by atoms with Crippen LogP contribution in [0.3, 0.4) is 0 Å². The fraction of sp³-hybridized carbons (Fsp3) is 0.400. The average molecular weight is 455 g/mol. The lowest BCUT2D eigenvalue weighted by Gasteiger charge is -2.08. The summed E-state index contributed by atoms with van der Waals surface area (Å²) in [4.78, 5) is 17.7. The number of fused-ring (bicyclic) bond motifs is 1. The second-order valence-corrected chi connectivity index (χ2v) is 8.37. The summed E-state index contributed by atoms with van der Waals surface area (Å²) in [6.07, 6.45) is 12.0. The largest absolute Gasteiger partial charge is 0.381 e. The molecule has 3 aliphatic rings. The molecule has 0 atom stereocenters. The van der Waals surface area contributed by atoms with Crippen LogP contribution in [0.2, 0.25) is 0 Å². The molecule has 1 aromatic carbocycles. The summed E-state index contributed by atoms with van der Waals surface area (Å²) in [5, 5.41) is 4.09. The lowest BCUT2D eigenvalue weighted by molar-refractivity contribution is 0.0817. The molecule has 0 bridgehead atoms. The first-order valence-corrected chi connectivity index (χ1v) is 11.3. The highest BCUT2D eigenvalue weighted by Gasteiger charge is 2.29. The van der Waals surface area contributed by atoms with Gasteiger partial charge in [0.2, 0.25) is 0 Å². The Kier molecular flexibility index (Phi) is 7.44. The third kappa shape index (κ3) is 5.82. The fourth-order valence-corrected chi connectivity index (χ4v) is 3.80. The van der Waals surface area contributed by atoms with E-state index in [1.165, 1.54) is 49.3 Å². The number of hydrogen-bond donors (Lipinski definition) is 0. The summed E-state index contributed by atoms with van der Waals surface area (Å²) in [7, 11) is 1.67. The van der Waals surface area contributed by atoms with Crippen molar-refractivity contribution in [3.63, 3.8) is 0 Å². The van der Waals surface area contributed by atoms with Crippen molar-refractivity contribution in [2.45, 2.75) is 44.7 Å². The summed E-state index contributed by atoms with van der Waals surface area (Å²) >= 11 is 0. The first kappa shape index (κ1) is 23.0. The van der Waals surface area contributed by atoms with Crippen molar-refractivity contribution in [2.75, 3.05) is 20.3 Å². The molecular formula is C25H28F2N4O2. The molecule has 2 fully saturated rings. The van der Waals surface area contributed by atoms with Gasteiger partial charge in [-0.05, 0) is 61.9 Å². The SMILES string of the molecule is C1CCOCC1.CN1Cc2ccnc(-c3ccc(F)cc3F)c2C1=O.c1cnn(C2CC2)c1. The highest BCUT2D eigenvalue weighted by molar-refractivity contribution is 6.03. The van der Waals surface area contributed by atoms with Gasteiger partial charge in [-0.15, -0.1) is 0 Å². The van der Waals surface area contributed by atoms with Crippen molar-refractivity contribution in [2.24, 2.45) is 0 Å². The van der Waals surface area contributed by atoms with Crippen LogP contribution in [-0.2, 0) is 11.3 Å². The number of ether oxygens (including phenoxy) is 1. The quantitative estimate of drug-likeness (QED) is 0.546. The second-order valence-electron chi connectivity index (χ2n) is 8.37. The Labute approximate surface area is 192 Å². The van der Waals surface area contributed by atoms with Crippen molar-refractivity contribution in [1.82, 2.24) is 19.7 Å². The highest BCUT2D eigenvalue weighted by atomic mass is 19.1. The molecule has 0 spiro atoms. The van der Waals surface area contributed by atoms with Gasteiger partial charge in [-0.3, -0.25) is 14.5 Å². The molecule has 3 aromatic rings. The monoisotopic (exact) mass is 454 g/mol. The fourth-order valence-electron chi connectivity index (χ4n) is 3.80. The van der Waals surface area contributed by atoms with Crippen molar-refractivity contribution >= 4 is 5.91 Å². The predicted molar refractivity (Wildman–Crippen MR) is 121 cm³/mol. The van der Waals surface area contributed by atoms with E-state index in [1.54, 1.807) is 13.1 Å². The molecule has 0 radical (unpaired) electrons. The van der Waals surface area contributed by atoms with Crippen LogP contribution >= 0.6 is 0 Å². The summed E-state index contributed by atoms with van der Waals surface area (Å²) in [5.41, 5.74) is 1.61. The van der Waals surface area contributed by atoms with Crippen LogP contribution in [0.4, 0.5) is 8.78 Å². The molecule has 1 saturated carbocycles. The first-order valence-electron chi connectivity index (χ1n) is 11.3. The number of halogens is 2. The number of carbonyl (C=O) groups excluding carboxylic acids is 1. The Morgan fingerprint density at radius 1 is 1.06 bits per heavy atom. The van der Waals surface area contributed by atoms with Crippen LogP contribution in [0.1, 0.15) is 54.1 Å². The standard InChI is InChI=1S/C14H10F2N2O.C6H8N2.C5H10O/c1-18-7-8-4-5-17-13(12(8)14(18)19)10-3-2-9(15)6-11(10)16;1-4-7-8(5-1)6-2-3-6;1-2-4-6-5-3-1/h2-6H,7H2,1H3;1,4-6H,2-3H2;1-5H2. The van der Waals surface area contributed by atoms with Gasteiger partial charge in [-0.2, -0.15) is 5.10 Å². The Balaban J connectivity index is 0.000000150. The molecule has 2 aliphatic heterocycles. The highest BCUT2D eigenvalue weighted by Crippen LogP contribution is 2.33. The van der Waals surface area contributed by atoms with Gasteiger partial charge in [0, 0.05) is 57.0 Å². The van der Waals surface area contributed by atoms with Gasteiger partial charge in [0.05, 0.1) is 17.3 Å². The lowest BCUT2D eigenvalue weighted by Crippen LogP contribution is -2.18. The number of benzene rings is 1. The maximum Gasteiger partial charge on any atom is 0.256 e. The Hall–Kier alpha value is -3.13. The van der Waals surface area contributed by atoms with Crippen LogP contribution in [0.25, 0.3) is 11.3 Å². The van der Waals surface area contributed by atoms with Crippen LogP contribution in [0, 0.1) is 11.6 Å². The van der Waals surface area contributed by atoms with E-state index in [0.717, 1.165) is 37.0 Å². The van der Waals surface area contributed by atoms with E-state index in [2.05, 4.69) is 10.1 Å². The Morgan fingerprint density at radius 2 is 1.85 bits per heavy atom. The summed E-state index contributed by atoms with van der Waals surface area (Å²) in [6.45, 7) is 2.48. The van der Waals surface area contributed by atoms with E-state index in [9.17, 15) is 13.6 Å². The molecule has 33 heavy (non-hydrogen) atoms. The van der Waals surface area contributed by atoms with Gasteiger partial charge >= 0.3 is 0 Å². The zero-order valence-corrected chi connectivity index (χ0v) is 18.7. The third-order valence-corrected chi connectivity index (χ3v) is 5.71. The van der Waals surface area contributed by atoms with Gasteiger partial charge in [-0.25, -0.2) is 8.78 Å². The number of carbonyl (C=O) groups is 1. The van der Waals surface area contributed by atoms with Crippen molar-refractivity contribution in [1.29, 1.82) is 0 Å². The van der Waals surface area contributed by atoms with Gasteiger partial charge in [0.25, 0.3) is 5.91 Å². The molecule has 6 rings (SSSR count). The van der Waals surface area contributed by atoms with Crippen LogP contribution < -0.4 is 0 Å².